The molecule has 0 atom stereocenters. The van der Waals surface area contributed by atoms with Gasteiger partial charge in [0.15, 0.2) is 0 Å². The van der Waals surface area contributed by atoms with E-state index in [1.165, 1.54) is 20.8 Å². The third-order valence-electron chi connectivity index (χ3n) is 0.787. The smallest absolute Gasteiger partial charge is 0.726 e. The van der Waals surface area contributed by atoms with Crippen LogP contribution in [0.15, 0.2) is 0 Å². The molecule has 0 saturated carbocycles. The summed E-state index contributed by atoms with van der Waals surface area (Å²) in [5, 5.41) is 0. The van der Waals surface area contributed by atoms with Crippen LogP contribution in [0.1, 0.15) is 20.8 Å². The molecule has 0 aliphatic carbocycles. The summed E-state index contributed by atoms with van der Waals surface area (Å²) < 4.78 is 96.0. The Hall–Kier alpha value is 0.974. The van der Waals surface area contributed by atoms with Crippen LogP contribution in [0.2, 0.25) is 0 Å². The Morgan fingerprint density at radius 3 is 0.727 bits per heavy atom. The van der Waals surface area contributed by atoms with Gasteiger partial charge in [0.1, 0.15) is 0 Å². The molecule has 0 aromatic rings. The Balaban J connectivity index is -0.000000108. The molecule has 0 aliphatic heterocycles. The summed E-state index contributed by atoms with van der Waals surface area (Å²) in [7, 11) is -13.3. The zero-order valence-electron chi connectivity index (χ0n) is 11.8. The van der Waals surface area contributed by atoms with Crippen LogP contribution in [-0.2, 0) is 43.7 Å². The fourth-order valence-electron chi connectivity index (χ4n) is 0.433. The maximum absolute atomic E-state index is 9.45. The molecular weight excluding hydrogens is 501 g/mol. The first-order valence-electron chi connectivity index (χ1n) is 4.99. The van der Waals surface area contributed by atoms with Gasteiger partial charge in [-0.25, -0.2) is 25.3 Å². The Labute approximate surface area is 163 Å². The molecule has 0 bridgehead atoms. The van der Waals surface area contributed by atoms with Gasteiger partial charge in [-0.2, -0.15) is 0 Å². The Kier molecular flexibility index (Phi) is 21.7. The second-order valence-corrected chi connectivity index (χ2v) is 5.60. The van der Waals surface area contributed by atoms with Crippen LogP contribution in [0.5, 0.6) is 0 Å². The van der Waals surface area contributed by atoms with E-state index >= 15 is 0 Å². The molecule has 132 valence electrons. The molecule has 0 saturated heterocycles. The van der Waals surface area contributed by atoms with Crippen LogP contribution in [0.25, 0.3) is 0 Å². The van der Waals surface area contributed by atoms with Crippen LogP contribution in [-0.4, -0.2) is 58.7 Å². The zero-order valence-corrected chi connectivity index (χ0v) is 18.0. The van der Waals surface area contributed by atoms with Crippen molar-refractivity contribution in [2.45, 2.75) is 20.8 Å². The summed E-state index contributed by atoms with van der Waals surface area (Å²) in [4.78, 5) is 0. The summed E-state index contributed by atoms with van der Waals surface area (Å²) in [5.41, 5.74) is 0. The van der Waals surface area contributed by atoms with E-state index in [1.54, 1.807) is 0 Å². The fourth-order valence-corrected chi connectivity index (χ4v) is 1.30. The summed E-state index contributed by atoms with van der Waals surface area (Å²) in [6, 6.07) is 0. The molecule has 0 unspecified atom stereocenters. The summed E-state index contributed by atoms with van der Waals surface area (Å²) in [5.74, 6) is 0. The second-order valence-electron chi connectivity index (χ2n) is 2.44. The van der Waals surface area contributed by atoms with E-state index in [1.807, 2.05) is 0 Å². The molecule has 0 aliphatic rings. The van der Waals surface area contributed by atoms with Gasteiger partial charge in [0, 0.05) is 0 Å². The van der Waals surface area contributed by atoms with Gasteiger partial charge in [-0.3, -0.25) is 12.5 Å². The molecular formula is C6H15O12PrS3. The third-order valence-corrected chi connectivity index (χ3v) is 2.36. The first-order valence-corrected chi connectivity index (χ1v) is 8.99. The standard InChI is InChI=1S/3C2H6O4S.Pr/c3*1-2-6-7(3,4)5;/h3*2H2,1H3,(H,3,4,5);/q;;;+3/p-3. The van der Waals surface area contributed by atoms with E-state index in [0.717, 1.165) is 0 Å². The molecule has 22 heavy (non-hydrogen) atoms. The third kappa shape index (κ3) is 49.7. The molecule has 0 spiro atoms. The molecule has 0 N–H and O–H groups in total. The minimum Gasteiger partial charge on any atom is -0.726 e. The van der Waals surface area contributed by atoms with Gasteiger partial charge in [0.05, 0.1) is 19.8 Å². The van der Waals surface area contributed by atoms with Gasteiger partial charge in [0.2, 0.25) is 31.2 Å². The van der Waals surface area contributed by atoms with Gasteiger partial charge in [0.25, 0.3) is 0 Å². The zero-order chi connectivity index (χ0) is 17.7. The van der Waals surface area contributed by atoms with Crippen LogP contribution in [0.3, 0.4) is 0 Å². The van der Waals surface area contributed by atoms with Crippen LogP contribution in [0.4, 0.5) is 0 Å². The fraction of sp³-hybridized carbons (Fsp3) is 1.00. The van der Waals surface area contributed by atoms with Crippen LogP contribution in [0, 0.1) is 41.3 Å². The minimum absolute atomic E-state index is 0. The maximum atomic E-state index is 9.45. The molecule has 0 fully saturated rings. The molecule has 0 amide bonds. The number of hydrogen-bond donors (Lipinski definition) is 0. The molecule has 0 aromatic heterocycles. The molecule has 12 nitrogen and oxygen atoms in total. The van der Waals surface area contributed by atoms with Crippen molar-refractivity contribution >= 4 is 31.2 Å². The number of hydrogen-bond acceptors (Lipinski definition) is 12. The van der Waals surface area contributed by atoms with E-state index < -0.39 is 31.2 Å². The van der Waals surface area contributed by atoms with Gasteiger partial charge < -0.3 is 13.7 Å². The predicted molar refractivity (Wildman–Crippen MR) is 64.0 cm³/mol. The Morgan fingerprint density at radius 1 is 0.591 bits per heavy atom. The largest absolute Gasteiger partial charge is 3.00 e. The normalized spacial score (nSPS) is 11.2. The molecule has 0 aromatic carbocycles. The maximum Gasteiger partial charge on any atom is 3.00 e. The first-order chi connectivity index (χ1) is 9.18. The van der Waals surface area contributed by atoms with Crippen molar-refractivity contribution < 1.29 is 92.8 Å². The van der Waals surface area contributed by atoms with E-state index in [0.29, 0.717) is 0 Å². The van der Waals surface area contributed by atoms with Crippen molar-refractivity contribution in [1.82, 2.24) is 0 Å². The summed E-state index contributed by atoms with van der Waals surface area (Å²) in [6.07, 6.45) is 0. The van der Waals surface area contributed by atoms with E-state index in [9.17, 15) is 38.9 Å². The van der Waals surface area contributed by atoms with Gasteiger partial charge in [-0.1, -0.05) is 0 Å². The van der Waals surface area contributed by atoms with E-state index in [2.05, 4.69) is 12.5 Å². The van der Waals surface area contributed by atoms with Gasteiger partial charge >= 0.3 is 41.3 Å². The van der Waals surface area contributed by atoms with E-state index in [4.69, 9.17) is 0 Å². The quantitative estimate of drug-likeness (QED) is 0.291. The number of rotatable bonds is 6. The summed E-state index contributed by atoms with van der Waals surface area (Å²) >= 11 is 0. The van der Waals surface area contributed by atoms with Gasteiger partial charge in [-0.15, -0.1) is 0 Å². The first kappa shape index (κ1) is 30.8. The average molecular weight is 516 g/mol. The molecule has 0 radical (unpaired) electrons. The van der Waals surface area contributed by atoms with Gasteiger partial charge in [-0.05, 0) is 20.8 Å². The Bertz CT molecular complexity index is 455. The van der Waals surface area contributed by atoms with E-state index in [-0.39, 0.29) is 61.1 Å². The Morgan fingerprint density at radius 2 is 0.727 bits per heavy atom. The van der Waals surface area contributed by atoms with Crippen molar-refractivity contribution in [1.29, 1.82) is 0 Å². The molecule has 0 heterocycles. The van der Waals surface area contributed by atoms with Crippen molar-refractivity contribution in [3.05, 3.63) is 0 Å². The van der Waals surface area contributed by atoms with Crippen LogP contribution < -0.4 is 0 Å². The predicted octanol–water partition coefficient (Wildman–Crippen LogP) is -1.55. The molecule has 0 rings (SSSR count). The van der Waals surface area contributed by atoms with Crippen molar-refractivity contribution in [3.63, 3.8) is 0 Å². The molecule has 16 heteroatoms. The SMILES string of the molecule is CCOS(=O)(=O)[O-].CCOS(=O)(=O)[O-].CCOS(=O)(=O)[O-].[Pr+3]. The monoisotopic (exact) mass is 516 g/mol. The minimum atomic E-state index is -4.42. The average Bonchev–Trinajstić information content (AvgIpc) is 2.12. The van der Waals surface area contributed by atoms with Crippen molar-refractivity contribution in [2.24, 2.45) is 0 Å². The second kappa shape index (κ2) is 15.5. The van der Waals surface area contributed by atoms with Crippen molar-refractivity contribution in [3.8, 4) is 0 Å². The van der Waals surface area contributed by atoms with Crippen molar-refractivity contribution in [2.75, 3.05) is 19.8 Å². The summed E-state index contributed by atoms with van der Waals surface area (Å²) in [6.45, 7) is 4.00. The topological polar surface area (TPSA) is 199 Å². The van der Waals surface area contributed by atoms with Crippen LogP contribution >= 0.6 is 0 Å².